The average Bonchev–Trinajstić information content (AvgIpc) is 2.53. The molecular formula is C18H16BrN. The van der Waals surface area contributed by atoms with Gasteiger partial charge < -0.3 is 0 Å². The van der Waals surface area contributed by atoms with Crippen LogP contribution in [0.4, 0.5) is 0 Å². The topological polar surface area (TPSA) is 12.9 Å². The quantitative estimate of drug-likeness (QED) is 0.593. The molecule has 100 valence electrons. The van der Waals surface area contributed by atoms with E-state index in [1.54, 1.807) is 0 Å². The predicted octanol–water partition coefficient (Wildman–Crippen LogP) is 5.30. The molecule has 1 heterocycles. The summed E-state index contributed by atoms with van der Waals surface area (Å²) in [5.41, 5.74) is 3.76. The second kappa shape index (κ2) is 6.19. The molecule has 0 radical (unpaired) electrons. The van der Waals surface area contributed by atoms with Gasteiger partial charge in [-0.3, -0.25) is 4.98 Å². The van der Waals surface area contributed by atoms with Gasteiger partial charge in [0, 0.05) is 16.4 Å². The first kappa shape index (κ1) is 13.3. The first-order valence-electron chi connectivity index (χ1n) is 6.85. The Hall–Kier alpha value is -1.67. The Balaban J connectivity index is 1.70. The fraction of sp³-hybridized carbons (Fsp3) is 0.167. The summed E-state index contributed by atoms with van der Waals surface area (Å²) in [6, 6.07) is 21.2. The van der Waals surface area contributed by atoms with Crippen LogP contribution in [0.15, 0.2) is 66.9 Å². The molecule has 0 aliphatic rings. The molecule has 1 atom stereocenters. The van der Waals surface area contributed by atoms with Crippen LogP contribution in [0.3, 0.4) is 0 Å². The number of halogens is 1. The lowest BCUT2D eigenvalue weighted by Crippen LogP contribution is -1.93. The maximum Gasteiger partial charge on any atom is 0.0704 e. The zero-order valence-corrected chi connectivity index (χ0v) is 12.8. The molecule has 3 aromatic rings. The van der Waals surface area contributed by atoms with E-state index in [0.29, 0.717) is 4.83 Å². The van der Waals surface area contributed by atoms with Crippen molar-refractivity contribution in [3.63, 3.8) is 0 Å². The highest BCUT2D eigenvalue weighted by Gasteiger charge is 2.07. The Morgan fingerprint density at radius 2 is 1.80 bits per heavy atom. The summed E-state index contributed by atoms with van der Waals surface area (Å²) in [6.45, 7) is 0. The van der Waals surface area contributed by atoms with E-state index in [1.165, 1.54) is 16.5 Å². The van der Waals surface area contributed by atoms with Gasteiger partial charge in [-0.1, -0.05) is 64.5 Å². The van der Waals surface area contributed by atoms with Gasteiger partial charge in [0.1, 0.15) is 0 Å². The third-order valence-electron chi connectivity index (χ3n) is 3.52. The number of alkyl halides is 1. The average molecular weight is 326 g/mol. The number of rotatable bonds is 4. The van der Waals surface area contributed by atoms with Gasteiger partial charge in [-0.25, -0.2) is 0 Å². The number of pyridine rings is 1. The lowest BCUT2D eigenvalue weighted by atomic mass is 10.0. The Morgan fingerprint density at radius 1 is 0.950 bits per heavy atom. The largest absolute Gasteiger partial charge is 0.256 e. The van der Waals surface area contributed by atoms with Crippen LogP contribution in [0.25, 0.3) is 10.9 Å². The number of aryl methyl sites for hydroxylation is 1. The van der Waals surface area contributed by atoms with Gasteiger partial charge in [-0.15, -0.1) is 0 Å². The van der Waals surface area contributed by atoms with E-state index < -0.39 is 0 Å². The molecule has 1 unspecified atom stereocenters. The summed E-state index contributed by atoms with van der Waals surface area (Å²) < 4.78 is 0. The standard InChI is InChI=1S/C18H16BrN/c19-17(15-5-2-1-3-6-15)11-9-14-8-10-16-7-4-12-20-18(16)13-14/h1-8,10,12-13,17H,9,11H2. The first-order chi connectivity index (χ1) is 9.83. The van der Waals surface area contributed by atoms with Crippen LogP contribution in [-0.4, -0.2) is 4.98 Å². The molecule has 0 spiro atoms. The van der Waals surface area contributed by atoms with Gasteiger partial charge in [-0.2, -0.15) is 0 Å². The van der Waals surface area contributed by atoms with Gasteiger partial charge in [0.15, 0.2) is 0 Å². The van der Waals surface area contributed by atoms with Crippen LogP contribution < -0.4 is 0 Å². The molecule has 0 fully saturated rings. The molecule has 0 N–H and O–H groups in total. The number of hydrogen-bond acceptors (Lipinski definition) is 1. The minimum atomic E-state index is 0.406. The lowest BCUT2D eigenvalue weighted by Gasteiger charge is -2.10. The number of hydrogen-bond donors (Lipinski definition) is 0. The van der Waals surface area contributed by atoms with Gasteiger partial charge in [-0.05, 0) is 36.1 Å². The van der Waals surface area contributed by atoms with Gasteiger partial charge in [0.2, 0.25) is 0 Å². The van der Waals surface area contributed by atoms with Crippen LogP contribution in [0.2, 0.25) is 0 Å². The Labute approximate surface area is 127 Å². The summed E-state index contributed by atoms with van der Waals surface area (Å²) in [5.74, 6) is 0. The summed E-state index contributed by atoms with van der Waals surface area (Å²) in [4.78, 5) is 4.82. The van der Waals surface area contributed by atoms with Crippen molar-refractivity contribution >= 4 is 26.8 Å². The third kappa shape index (κ3) is 3.07. The fourth-order valence-electron chi connectivity index (χ4n) is 2.39. The number of fused-ring (bicyclic) bond motifs is 1. The van der Waals surface area contributed by atoms with E-state index in [1.807, 2.05) is 12.3 Å². The molecule has 1 nitrogen and oxygen atoms in total. The highest BCUT2D eigenvalue weighted by molar-refractivity contribution is 9.09. The molecule has 1 aromatic heterocycles. The van der Waals surface area contributed by atoms with Crippen molar-refractivity contribution in [3.8, 4) is 0 Å². The van der Waals surface area contributed by atoms with Crippen LogP contribution >= 0.6 is 15.9 Å². The van der Waals surface area contributed by atoms with Crippen molar-refractivity contribution in [2.24, 2.45) is 0 Å². The lowest BCUT2D eigenvalue weighted by molar-refractivity contribution is 0.814. The van der Waals surface area contributed by atoms with E-state index in [4.69, 9.17) is 0 Å². The van der Waals surface area contributed by atoms with Crippen LogP contribution in [0.1, 0.15) is 22.4 Å². The summed E-state index contributed by atoms with van der Waals surface area (Å²) >= 11 is 3.78. The third-order valence-corrected chi connectivity index (χ3v) is 4.50. The highest BCUT2D eigenvalue weighted by Crippen LogP contribution is 2.28. The molecular weight excluding hydrogens is 310 g/mol. The summed E-state index contributed by atoms with van der Waals surface area (Å²) in [6.07, 6.45) is 3.99. The number of aromatic nitrogens is 1. The van der Waals surface area contributed by atoms with Crippen molar-refractivity contribution in [1.82, 2.24) is 4.98 Å². The molecule has 3 rings (SSSR count). The maximum absolute atomic E-state index is 4.42. The molecule has 0 aliphatic heterocycles. The van der Waals surface area contributed by atoms with Crippen molar-refractivity contribution in [1.29, 1.82) is 0 Å². The van der Waals surface area contributed by atoms with Crippen molar-refractivity contribution < 1.29 is 0 Å². The molecule has 20 heavy (non-hydrogen) atoms. The molecule has 0 aliphatic carbocycles. The van der Waals surface area contributed by atoms with E-state index in [2.05, 4.69) is 75.5 Å². The van der Waals surface area contributed by atoms with Gasteiger partial charge in [0.25, 0.3) is 0 Å². The Kier molecular flexibility index (Phi) is 4.12. The zero-order valence-electron chi connectivity index (χ0n) is 11.2. The van der Waals surface area contributed by atoms with Gasteiger partial charge in [0.05, 0.1) is 5.52 Å². The van der Waals surface area contributed by atoms with Crippen LogP contribution in [0, 0.1) is 0 Å². The molecule has 0 bridgehead atoms. The number of benzene rings is 2. The SMILES string of the molecule is BrC(CCc1ccc2cccnc2c1)c1ccccc1. The minimum Gasteiger partial charge on any atom is -0.256 e. The second-order valence-electron chi connectivity index (χ2n) is 4.95. The van der Waals surface area contributed by atoms with E-state index in [9.17, 15) is 0 Å². The van der Waals surface area contributed by atoms with Crippen LogP contribution in [0.5, 0.6) is 0 Å². The van der Waals surface area contributed by atoms with Crippen molar-refractivity contribution in [3.05, 3.63) is 78.0 Å². The van der Waals surface area contributed by atoms with Crippen LogP contribution in [-0.2, 0) is 6.42 Å². The second-order valence-corrected chi connectivity index (χ2v) is 6.05. The first-order valence-corrected chi connectivity index (χ1v) is 7.77. The predicted molar refractivity (Wildman–Crippen MR) is 88.2 cm³/mol. The fourth-order valence-corrected chi connectivity index (χ4v) is 2.92. The number of nitrogens with zero attached hydrogens (tertiary/aromatic N) is 1. The van der Waals surface area contributed by atoms with Gasteiger partial charge >= 0.3 is 0 Å². The molecule has 0 amide bonds. The Bertz CT molecular complexity index is 694. The highest BCUT2D eigenvalue weighted by atomic mass is 79.9. The van der Waals surface area contributed by atoms with Crippen molar-refractivity contribution in [2.45, 2.75) is 17.7 Å². The summed E-state index contributed by atoms with van der Waals surface area (Å²) in [7, 11) is 0. The molecule has 0 saturated carbocycles. The smallest absolute Gasteiger partial charge is 0.0704 e. The zero-order chi connectivity index (χ0) is 13.8. The normalized spacial score (nSPS) is 12.4. The van der Waals surface area contributed by atoms with E-state index >= 15 is 0 Å². The summed E-state index contributed by atoms with van der Waals surface area (Å²) in [5, 5.41) is 1.20. The molecule has 2 aromatic carbocycles. The molecule has 2 heteroatoms. The Morgan fingerprint density at radius 3 is 2.65 bits per heavy atom. The maximum atomic E-state index is 4.42. The monoisotopic (exact) mass is 325 g/mol. The van der Waals surface area contributed by atoms with E-state index in [-0.39, 0.29) is 0 Å². The van der Waals surface area contributed by atoms with Crippen molar-refractivity contribution in [2.75, 3.05) is 0 Å². The molecule has 0 saturated heterocycles. The minimum absolute atomic E-state index is 0.406. The van der Waals surface area contributed by atoms with E-state index in [0.717, 1.165) is 18.4 Å².